The number of thiocarbonyl (C=S) groups is 1. The molecular formula is C12H16N2O4S2. The quantitative estimate of drug-likeness (QED) is 0.741. The molecule has 0 spiro atoms. The molecule has 0 aliphatic carbocycles. The summed E-state index contributed by atoms with van der Waals surface area (Å²) < 4.78 is 31.9. The van der Waals surface area contributed by atoms with Crippen LogP contribution >= 0.6 is 12.2 Å². The molecule has 0 saturated carbocycles. The SMILES string of the molecule is NC(=S)c1ccccc1S(=O)(=O)N1CCOCC1CO. The van der Waals surface area contributed by atoms with Crippen molar-refractivity contribution in [1.29, 1.82) is 0 Å². The summed E-state index contributed by atoms with van der Waals surface area (Å²) in [4.78, 5) is 0.0887. The van der Waals surface area contributed by atoms with Crippen molar-refractivity contribution in [1.82, 2.24) is 4.31 Å². The monoisotopic (exact) mass is 316 g/mol. The van der Waals surface area contributed by atoms with E-state index in [0.717, 1.165) is 0 Å². The number of benzene rings is 1. The van der Waals surface area contributed by atoms with Crippen LogP contribution in [0.4, 0.5) is 0 Å². The summed E-state index contributed by atoms with van der Waals surface area (Å²) in [6.45, 7) is 0.365. The van der Waals surface area contributed by atoms with Gasteiger partial charge in [-0.25, -0.2) is 8.42 Å². The first-order valence-corrected chi connectivity index (χ1v) is 7.92. The van der Waals surface area contributed by atoms with Gasteiger partial charge in [-0.05, 0) is 6.07 Å². The van der Waals surface area contributed by atoms with Gasteiger partial charge in [0.1, 0.15) is 4.99 Å². The minimum absolute atomic E-state index is 0.0259. The number of hydrogen-bond donors (Lipinski definition) is 2. The van der Waals surface area contributed by atoms with Crippen molar-refractivity contribution in [2.45, 2.75) is 10.9 Å². The van der Waals surface area contributed by atoms with Crippen molar-refractivity contribution >= 4 is 27.2 Å². The van der Waals surface area contributed by atoms with Gasteiger partial charge >= 0.3 is 0 Å². The Labute approximate surface area is 123 Å². The van der Waals surface area contributed by atoms with E-state index in [9.17, 15) is 13.5 Å². The smallest absolute Gasteiger partial charge is 0.244 e. The van der Waals surface area contributed by atoms with Crippen LogP contribution < -0.4 is 5.73 Å². The summed E-state index contributed by atoms with van der Waals surface area (Å²) >= 11 is 4.90. The Morgan fingerprint density at radius 2 is 2.20 bits per heavy atom. The second-order valence-electron chi connectivity index (χ2n) is 4.39. The maximum Gasteiger partial charge on any atom is 0.244 e. The number of hydrogen-bond acceptors (Lipinski definition) is 5. The first-order valence-electron chi connectivity index (χ1n) is 6.07. The molecule has 1 heterocycles. The van der Waals surface area contributed by atoms with Gasteiger partial charge in [-0.3, -0.25) is 0 Å². The Balaban J connectivity index is 2.47. The minimum atomic E-state index is -3.77. The third-order valence-corrected chi connectivity index (χ3v) is 5.35. The molecule has 2 rings (SSSR count). The van der Waals surface area contributed by atoms with Gasteiger partial charge in [-0.15, -0.1) is 0 Å². The molecule has 110 valence electrons. The fraction of sp³-hybridized carbons (Fsp3) is 0.417. The Kier molecular flexibility index (Phi) is 4.71. The summed E-state index contributed by atoms with van der Waals surface area (Å²) in [6, 6.07) is 5.74. The maximum absolute atomic E-state index is 12.7. The standard InChI is InChI=1S/C12H16N2O4S2/c13-12(19)10-3-1-2-4-11(10)20(16,17)14-5-6-18-8-9(14)7-15/h1-4,9,15H,5-8H2,(H2,13,19). The molecule has 0 radical (unpaired) electrons. The molecule has 1 atom stereocenters. The summed E-state index contributed by atoms with van der Waals surface area (Å²) in [6.07, 6.45) is 0. The number of morpholine rings is 1. The number of rotatable bonds is 4. The zero-order valence-corrected chi connectivity index (χ0v) is 12.4. The molecule has 1 fully saturated rings. The molecule has 0 bridgehead atoms. The third kappa shape index (κ3) is 2.84. The molecule has 20 heavy (non-hydrogen) atoms. The highest BCUT2D eigenvalue weighted by molar-refractivity contribution is 7.89. The van der Waals surface area contributed by atoms with E-state index >= 15 is 0 Å². The Hall–Kier alpha value is -1.06. The minimum Gasteiger partial charge on any atom is -0.395 e. The Morgan fingerprint density at radius 1 is 1.50 bits per heavy atom. The topological polar surface area (TPSA) is 92.9 Å². The Morgan fingerprint density at radius 3 is 2.85 bits per heavy atom. The van der Waals surface area contributed by atoms with Gasteiger partial charge in [0, 0.05) is 12.1 Å². The molecule has 1 saturated heterocycles. The van der Waals surface area contributed by atoms with Crippen LogP contribution in [0, 0.1) is 0 Å². The second-order valence-corrected chi connectivity index (χ2v) is 6.69. The van der Waals surface area contributed by atoms with Crippen molar-refractivity contribution in [3.05, 3.63) is 29.8 Å². The van der Waals surface area contributed by atoms with Gasteiger partial charge in [0.2, 0.25) is 10.0 Å². The van der Waals surface area contributed by atoms with Gasteiger partial charge in [-0.2, -0.15) is 4.31 Å². The predicted molar refractivity (Wildman–Crippen MR) is 77.9 cm³/mol. The van der Waals surface area contributed by atoms with Crippen LogP contribution in [0.2, 0.25) is 0 Å². The molecule has 1 unspecified atom stereocenters. The van der Waals surface area contributed by atoms with E-state index in [0.29, 0.717) is 12.2 Å². The average molecular weight is 316 g/mol. The molecule has 0 aromatic heterocycles. The van der Waals surface area contributed by atoms with E-state index in [1.807, 2.05) is 0 Å². The molecule has 3 N–H and O–H groups in total. The van der Waals surface area contributed by atoms with Crippen molar-refractivity contribution in [3.8, 4) is 0 Å². The summed E-state index contributed by atoms with van der Waals surface area (Å²) in [5, 5.41) is 9.31. The molecule has 1 aromatic carbocycles. The molecular weight excluding hydrogens is 300 g/mol. The molecule has 1 aromatic rings. The van der Waals surface area contributed by atoms with Crippen LogP contribution in [-0.2, 0) is 14.8 Å². The van der Waals surface area contributed by atoms with Gasteiger partial charge in [0.25, 0.3) is 0 Å². The van der Waals surface area contributed by atoms with Gasteiger partial charge in [0.05, 0.1) is 30.8 Å². The zero-order valence-electron chi connectivity index (χ0n) is 10.7. The van der Waals surface area contributed by atoms with E-state index in [2.05, 4.69) is 0 Å². The van der Waals surface area contributed by atoms with Crippen molar-refractivity contribution in [2.24, 2.45) is 5.73 Å². The first kappa shape index (κ1) is 15.3. The average Bonchev–Trinajstić information content (AvgIpc) is 2.47. The van der Waals surface area contributed by atoms with Gasteiger partial charge in [-0.1, -0.05) is 30.4 Å². The van der Waals surface area contributed by atoms with Crippen LogP contribution in [0.5, 0.6) is 0 Å². The largest absolute Gasteiger partial charge is 0.395 e. The number of nitrogens with zero attached hydrogens (tertiary/aromatic N) is 1. The van der Waals surface area contributed by atoms with Gasteiger partial charge < -0.3 is 15.6 Å². The van der Waals surface area contributed by atoms with E-state index < -0.39 is 16.1 Å². The number of aliphatic hydroxyl groups is 1. The van der Waals surface area contributed by atoms with Crippen LogP contribution in [0.25, 0.3) is 0 Å². The predicted octanol–water partition coefficient (Wildman–Crippen LogP) is -0.297. The molecule has 1 aliphatic heterocycles. The fourth-order valence-corrected chi connectivity index (χ4v) is 4.16. The lowest BCUT2D eigenvalue weighted by molar-refractivity contribution is 0.0109. The van der Waals surface area contributed by atoms with Crippen LogP contribution in [-0.4, -0.2) is 55.2 Å². The highest BCUT2D eigenvalue weighted by atomic mass is 32.2. The van der Waals surface area contributed by atoms with Crippen LogP contribution in [0.1, 0.15) is 5.56 Å². The van der Waals surface area contributed by atoms with Crippen LogP contribution in [0.15, 0.2) is 29.2 Å². The molecule has 0 amide bonds. The number of aliphatic hydroxyl groups excluding tert-OH is 1. The lowest BCUT2D eigenvalue weighted by Crippen LogP contribution is -2.50. The van der Waals surface area contributed by atoms with Crippen molar-refractivity contribution in [2.75, 3.05) is 26.4 Å². The molecule has 1 aliphatic rings. The normalized spacial score (nSPS) is 20.8. The highest BCUT2D eigenvalue weighted by Crippen LogP contribution is 2.23. The highest BCUT2D eigenvalue weighted by Gasteiger charge is 2.35. The van der Waals surface area contributed by atoms with E-state index in [1.165, 1.54) is 10.4 Å². The molecule has 6 nitrogen and oxygen atoms in total. The lowest BCUT2D eigenvalue weighted by atomic mass is 10.2. The van der Waals surface area contributed by atoms with Crippen molar-refractivity contribution in [3.63, 3.8) is 0 Å². The van der Waals surface area contributed by atoms with Gasteiger partial charge in [0.15, 0.2) is 0 Å². The second kappa shape index (κ2) is 6.15. The fourth-order valence-electron chi connectivity index (χ4n) is 2.12. The zero-order chi connectivity index (χ0) is 14.8. The van der Waals surface area contributed by atoms with Crippen LogP contribution in [0.3, 0.4) is 0 Å². The summed E-state index contributed by atoms with van der Waals surface area (Å²) in [5.74, 6) is 0. The lowest BCUT2D eigenvalue weighted by Gasteiger charge is -2.33. The Bertz CT molecular complexity index is 603. The molecule has 8 heteroatoms. The summed E-state index contributed by atoms with van der Waals surface area (Å²) in [5.41, 5.74) is 5.89. The third-order valence-electron chi connectivity index (χ3n) is 3.12. The van der Waals surface area contributed by atoms with E-state index in [1.54, 1.807) is 18.2 Å². The van der Waals surface area contributed by atoms with E-state index in [-0.39, 0.29) is 29.6 Å². The first-order chi connectivity index (χ1) is 9.48. The number of ether oxygens (including phenoxy) is 1. The van der Waals surface area contributed by atoms with E-state index in [4.69, 9.17) is 22.7 Å². The summed E-state index contributed by atoms with van der Waals surface area (Å²) in [7, 11) is -3.77. The maximum atomic E-state index is 12.7. The van der Waals surface area contributed by atoms with Crippen molar-refractivity contribution < 1.29 is 18.3 Å². The number of sulfonamides is 1. The number of nitrogens with two attached hydrogens (primary N) is 1.